The van der Waals surface area contributed by atoms with Crippen molar-refractivity contribution in [1.82, 2.24) is 4.98 Å². The maximum Gasteiger partial charge on any atom is 0.412 e. The molecule has 130 valence electrons. The van der Waals surface area contributed by atoms with Crippen LogP contribution in [0.25, 0.3) is 21.8 Å². The first kappa shape index (κ1) is 16.6. The number of carboxylic acid groups (broad SMARTS) is 1. The summed E-state index contributed by atoms with van der Waals surface area (Å²) in [7, 11) is 0. The molecule has 0 saturated heterocycles. The van der Waals surface area contributed by atoms with Crippen LogP contribution >= 0.6 is 0 Å². The molecular weight excluding hydrogens is 324 g/mol. The smallest absolute Gasteiger partial charge is 0.412 e. The third-order valence-corrected chi connectivity index (χ3v) is 3.63. The number of H-pyrrole nitrogens is 1. The molecule has 2 aromatic carbocycles. The minimum Gasteiger partial charge on any atom is -0.505 e. The zero-order valence-electron chi connectivity index (χ0n) is 14.0. The van der Waals surface area contributed by atoms with Crippen LogP contribution in [0.4, 0.5) is 10.5 Å². The van der Waals surface area contributed by atoms with E-state index >= 15 is 0 Å². The molecule has 0 aliphatic rings. The van der Waals surface area contributed by atoms with Crippen molar-refractivity contribution < 1.29 is 24.5 Å². The highest BCUT2D eigenvalue weighted by atomic mass is 16.6. The number of carbonyl (C=O) groups is 2. The van der Waals surface area contributed by atoms with Gasteiger partial charge in [0.15, 0.2) is 5.75 Å². The fraction of sp³-hybridized carbons (Fsp3) is 0.222. The molecule has 0 fully saturated rings. The summed E-state index contributed by atoms with van der Waals surface area (Å²) in [4.78, 5) is 26.7. The molecule has 0 saturated carbocycles. The number of benzene rings is 2. The first-order valence-corrected chi connectivity index (χ1v) is 7.67. The van der Waals surface area contributed by atoms with E-state index in [0.717, 1.165) is 10.9 Å². The second-order valence-electron chi connectivity index (χ2n) is 6.67. The second-order valence-corrected chi connectivity index (χ2v) is 6.67. The normalized spacial score (nSPS) is 11.6. The largest absolute Gasteiger partial charge is 0.505 e. The van der Waals surface area contributed by atoms with Crippen molar-refractivity contribution in [3.05, 3.63) is 35.9 Å². The fourth-order valence-electron chi connectivity index (χ4n) is 2.69. The molecular formula is C18H18N2O5. The van der Waals surface area contributed by atoms with Gasteiger partial charge in [-0.2, -0.15) is 0 Å². The Bertz CT molecular complexity index is 998. The third-order valence-electron chi connectivity index (χ3n) is 3.63. The van der Waals surface area contributed by atoms with Crippen LogP contribution in [0.2, 0.25) is 0 Å². The first-order valence-electron chi connectivity index (χ1n) is 7.67. The molecule has 1 amide bonds. The highest BCUT2D eigenvalue weighted by Gasteiger charge is 2.24. The Morgan fingerprint density at radius 3 is 2.48 bits per heavy atom. The minimum absolute atomic E-state index is 0.0242. The quantitative estimate of drug-likeness (QED) is 0.525. The molecule has 1 heterocycles. The van der Waals surface area contributed by atoms with Gasteiger partial charge in [0.05, 0.1) is 11.2 Å². The predicted octanol–water partition coefficient (Wildman–Crippen LogP) is 4.07. The molecule has 3 rings (SSSR count). The van der Waals surface area contributed by atoms with Crippen LogP contribution in [0.3, 0.4) is 0 Å². The van der Waals surface area contributed by atoms with Crippen molar-refractivity contribution >= 4 is 39.6 Å². The van der Waals surface area contributed by atoms with Gasteiger partial charge in [-0.15, -0.1) is 0 Å². The number of fused-ring (bicyclic) bond motifs is 3. The lowest BCUT2D eigenvalue weighted by molar-refractivity contribution is 0.0631. The Labute approximate surface area is 143 Å². The number of aromatic amines is 1. The SMILES string of the molecule is CC(C)(C)OC(=O)Nc1cc2c([nH]c3ccccc32)c(C(=O)O)c1O. The van der Waals surface area contributed by atoms with Gasteiger partial charge in [-0.05, 0) is 32.9 Å². The summed E-state index contributed by atoms with van der Waals surface area (Å²) in [5.74, 6) is -1.83. The highest BCUT2D eigenvalue weighted by Crippen LogP contribution is 2.38. The molecule has 25 heavy (non-hydrogen) atoms. The number of ether oxygens (including phenoxy) is 1. The molecule has 0 bridgehead atoms. The lowest BCUT2D eigenvalue weighted by Crippen LogP contribution is -2.27. The van der Waals surface area contributed by atoms with Crippen molar-refractivity contribution in [2.45, 2.75) is 26.4 Å². The number of phenols is 1. The predicted molar refractivity (Wildman–Crippen MR) is 94.3 cm³/mol. The number of hydrogen-bond donors (Lipinski definition) is 4. The van der Waals surface area contributed by atoms with Crippen LogP contribution < -0.4 is 5.32 Å². The molecule has 1 aromatic heterocycles. The van der Waals surface area contributed by atoms with Crippen molar-refractivity contribution in [1.29, 1.82) is 0 Å². The average Bonchev–Trinajstić information content (AvgIpc) is 2.83. The van der Waals surface area contributed by atoms with Crippen LogP contribution in [0, 0.1) is 0 Å². The van der Waals surface area contributed by atoms with Crippen LogP contribution in [-0.4, -0.2) is 32.9 Å². The molecule has 0 aliphatic heterocycles. The Morgan fingerprint density at radius 1 is 1.16 bits per heavy atom. The Hall–Kier alpha value is -3.22. The zero-order valence-corrected chi connectivity index (χ0v) is 14.0. The number of carboxylic acids is 1. The van der Waals surface area contributed by atoms with E-state index in [1.807, 2.05) is 18.2 Å². The standard InChI is InChI=1S/C18H18N2O5/c1-18(2,3)25-17(24)20-12-8-10-9-6-4-5-7-11(9)19-14(10)13(15(12)21)16(22)23/h4-8,19,21H,1-3H3,(H,20,24)(H,22,23). The molecule has 0 unspecified atom stereocenters. The summed E-state index contributed by atoms with van der Waals surface area (Å²) in [6, 6.07) is 8.80. The number of anilines is 1. The monoisotopic (exact) mass is 342 g/mol. The molecule has 3 aromatic rings. The number of carbonyl (C=O) groups excluding carboxylic acids is 1. The van der Waals surface area contributed by atoms with Crippen LogP contribution in [0.1, 0.15) is 31.1 Å². The van der Waals surface area contributed by atoms with Gasteiger partial charge in [0, 0.05) is 16.3 Å². The highest BCUT2D eigenvalue weighted by molar-refractivity contribution is 6.17. The molecule has 4 N–H and O–H groups in total. The average molecular weight is 342 g/mol. The summed E-state index contributed by atoms with van der Waals surface area (Å²) >= 11 is 0. The summed E-state index contributed by atoms with van der Waals surface area (Å²) in [5, 5.41) is 23.7. The van der Waals surface area contributed by atoms with Crippen LogP contribution in [-0.2, 0) is 4.74 Å². The maximum absolute atomic E-state index is 12.0. The van der Waals surface area contributed by atoms with E-state index in [1.54, 1.807) is 26.8 Å². The molecule has 0 spiro atoms. The third kappa shape index (κ3) is 3.08. The first-order chi connectivity index (χ1) is 11.7. The molecule has 0 atom stereocenters. The van der Waals surface area contributed by atoms with Gasteiger partial charge in [0.25, 0.3) is 0 Å². The van der Waals surface area contributed by atoms with E-state index in [9.17, 15) is 19.8 Å². The van der Waals surface area contributed by atoms with Gasteiger partial charge in [0.1, 0.15) is 11.2 Å². The topological polar surface area (TPSA) is 112 Å². The van der Waals surface area contributed by atoms with E-state index in [0.29, 0.717) is 10.9 Å². The summed E-state index contributed by atoms with van der Waals surface area (Å²) in [6.45, 7) is 5.12. The summed E-state index contributed by atoms with van der Waals surface area (Å²) < 4.78 is 5.16. The molecule has 7 nitrogen and oxygen atoms in total. The van der Waals surface area contributed by atoms with Gasteiger partial charge >= 0.3 is 12.1 Å². The van der Waals surface area contributed by atoms with E-state index < -0.39 is 23.4 Å². The Morgan fingerprint density at radius 2 is 1.84 bits per heavy atom. The number of aromatic hydroxyl groups is 1. The lowest BCUT2D eigenvalue weighted by Gasteiger charge is -2.20. The summed E-state index contributed by atoms with van der Waals surface area (Å²) in [6.07, 6.45) is -0.779. The number of aromatic carboxylic acids is 1. The number of hydrogen-bond acceptors (Lipinski definition) is 4. The maximum atomic E-state index is 12.0. The van der Waals surface area contributed by atoms with Gasteiger partial charge in [-0.25, -0.2) is 9.59 Å². The van der Waals surface area contributed by atoms with Crippen LogP contribution in [0.5, 0.6) is 5.75 Å². The van der Waals surface area contributed by atoms with Gasteiger partial charge in [-0.3, -0.25) is 5.32 Å². The number of amides is 1. The van der Waals surface area contributed by atoms with E-state index in [1.165, 1.54) is 6.07 Å². The number of para-hydroxylation sites is 1. The van der Waals surface area contributed by atoms with E-state index in [4.69, 9.17) is 4.74 Å². The van der Waals surface area contributed by atoms with Gasteiger partial charge < -0.3 is 19.9 Å². The Balaban J connectivity index is 2.19. The van der Waals surface area contributed by atoms with Crippen molar-refractivity contribution in [2.75, 3.05) is 5.32 Å². The number of nitrogens with one attached hydrogen (secondary N) is 2. The fourth-order valence-corrected chi connectivity index (χ4v) is 2.69. The Kier molecular flexibility index (Phi) is 3.79. The van der Waals surface area contributed by atoms with Crippen molar-refractivity contribution in [3.8, 4) is 5.75 Å². The van der Waals surface area contributed by atoms with E-state index in [-0.39, 0.29) is 11.3 Å². The van der Waals surface area contributed by atoms with Crippen molar-refractivity contribution in [3.63, 3.8) is 0 Å². The molecule has 0 radical (unpaired) electrons. The minimum atomic E-state index is -1.30. The zero-order chi connectivity index (χ0) is 18.4. The van der Waals surface area contributed by atoms with Crippen LogP contribution in [0.15, 0.2) is 30.3 Å². The molecule has 0 aliphatic carbocycles. The van der Waals surface area contributed by atoms with E-state index in [2.05, 4.69) is 10.3 Å². The van der Waals surface area contributed by atoms with Gasteiger partial charge in [-0.1, -0.05) is 18.2 Å². The summed E-state index contributed by atoms with van der Waals surface area (Å²) in [5.41, 5.74) is -0.0290. The van der Waals surface area contributed by atoms with Crippen molar-refractivity contribution in [2.24, 2.45) is 0 Å². The lowest BCUT2D eigenvalue weighted by atomic mass is 10.1. The molecule has 7 heteroatoms. The second kappa shape index (κ2) is 5.70. The number of aromatic nitrogens is 1. The van der Waals surface area contributed by atoms with Gasteiger partial charge in [0.2, 0.25) is 0 Å². The number of rotatable bonds is 2.